The fraction of sp³-hybridized carbons (Fsp3) is 0.455. The zero-order valence-corrected chi connectivity index (χ0v) is 9.51. The van der Waals surface area contributed by atoms with Gasteiger partial charge in [-0.05, 0) is 19.3 Å². The van der Waals surface area contributed by atoms with Crippen LogP contribution in [0.2, 0.25) is 0 Å². The van der Waals surface area contributed by atoms with Crippen LogP contribution < -0.4 is 0 Å². The number of aromatic nitrogens is 4. The third kappa shape index (κ3) is 2.11. The maximum absolute atomic E-state index is 5.21. The second-order valence-electron chi connectivity index (χ2n) is 4.04. The molecular formula is C11H12N4O2. The van der Waals surface area contributed by atoms with Crippen molar-refractivity contribution < 1.29 is 9.05 Å². The van der Waals surface area contributed by atoms with Crippen LogP contribution in [-0.2, 0) is 6.42 Å². The third-order valence-corrected chi connectivity index (χ3v) is 2.67. The highest BCUT2D eigenvalue weighted by Gasteiger charge is 2.15. The van der Waals surface area contributed by atoms with Crippen LogP contribution in [0.4, 0.5) is 0 Å². The summed E-state index contributed by atoms with van der Waals surface area (Å²) in [5.74, 6) is 2.34. The summed E-state index contributed by atoms with van der Waals surface area (Å²) < 4.78 is 10.1. The maximum Gasteiger partial charge on any atom is 0.253 e. The Bertz CT molecular complexity index is 555. The van der Waals surface area contributed by atoms with Gasteiger partial charge in [-0.2, -0.15) is 9.97 Å². The molecule has 3 rings (SSSR count). The summed E-state index contributed by atoms with van der Waals surface area (Å²) in [7, 11) is 0. The standard InChI is InChI=1S/C11H12N4O2/c1-7-12-9(14-16-7)6-10-13-11(17-15-10)8-4-2-3-5-8/h4H,2-3,5-6H2,1H3. The van der Waals surface area contributed by atoms with Gasteiger partial charge in [0.2, 0.25) is 5.89 Å². The van der Waals surface area contributed by atoms with E-state index in [0.717, 1.165) is 24.8 Å². The zero-order chi connectivity index (χ0) is 11.7. The first kappa shape index (κ1) is 10.2. The van der Waals surface area contributed by atoms with Crippen molar-refractivity contribution in [2.45, 2.75) is 32.6 Å². The number of hydrogen-bond acceptors (Lipinski definition) is 6. The van der Waals surface area contributed by atoms with E-state index in [1.165, 1.54) is 0 Å². The highest BCUT2D eigenvalue weighted by molar-refractivity contribution is 5.60. The zero-order valence-electron chi connectivity index (χ0n) is 9.51. The Labute approximate surface area is 97.7 Å². The van der Waals surface area contributed by atoms with Crippen molar-refractivity contribution >= 4 is 5.57 Å². The van der Waals surface area contributed by atoms with Gasteiger partial charge < -0.3 is 9.05 Å². The number of rotatable bonds is 3. The van der Waals surface area contributed by atoms with E-state index >= 15 is 0 Å². The van der Waals surface area contributed by atoms with Gasteiger partial charge in [0, 0.05) is 12.5 Å². The van der Waals surface area contributed by atoms with Crippen LogP contribution in [0.1, 0.15) is 42.7 Å². The Hall–Kier alpha value is -1.98. The van der Waals surface area contributed by atoms with Crippen LogP contribution in [0.5, 0.6) is 0 Å². The molecular weight excluding hydrogens is 220 g/mol. The molecule has 2 heterocycles. The molecule has 1 aliphatic rings. The van der Waals surface area contributed by atoms with E-state index in [1.54, 1.807) is 6.92 Å². The molecule has 0 aliphatic heterocycles. The molecule has 2 aromatic heterocycles. The van der Waals surface area contributed by atoms with Gasteiger partial charge >= 0.3 is 0 Å². The molecule has 6 heteroatoms. The Morgan fingerprint density at radius 1 is 1.18 bits per heavy atom. The molecule has 0 bridgehead atoms. The van der Waals surface area contributed by atoms with Crippen molar-refractivity contribution in [2.75, 3.05) is 0 Å². The summed E-state index contributed by atoms with van der Waals surface area (Å²) in [5.41, 5.74) is 1.15. The van der Waals surface area contributed by atoms with Crippen molar-refractivity contribution in [3.05, 3.63) is 29.5 Å². The predicted octanol–water partition coefficient (Wildman–Crippen LogP) is 1.92. The average molecular weight is 232 g/mol. The van der Waals surface area contributed by atoms with E-state index in [2.05, 4.69) is 26.4 Å². The largest absolute Gasteiger partial charge is 0.340 e. The molecule has 0 amide bonds. The van der Waals surface area contributed by atoms with Crippen LogP contribution in [-0.4, -0.2) is 20.3 Å². The summed E-state index contributed by atoms with van der Waals surface area (Å²) >= 11 is 0. The Balaban J connectivity index is 1.76. The molecule has 0 saturated carbocycles. The van der Waals surface area contributed by atoms with Crippen molar-refractivity contribution in [1.29, 1.82) is 0 Å². The van der Waals surface area contributed by atoms with E-state index in [0.29, 0.717) is 29.9 Å². The minimum Gasteiger partial charge on any atom is -0.340 e. The molecule has 0 spiro atoms. The Kier molecular flexibility index (Phi) is 2.47. The fourth-order valence-corrected chi connectivity index (χ4v) is 1.88. The minimum absolute atomic E-state index is 0.439. The maximum atomic E-state index is 5.21. The second-order valence-corrected chi connectivity index (χ2v) is 4.04. The lowest BCUT2D eigenvalue weighted by Gasteiger charge is -1.89. The molecule has 1 aliphatic carbocycles. The Morgan fingerprint density at radius 3 is 2.71 bits per heavy atom. The minimum atomic E-state index is 0.439. The van der Waals surface area contributed by atoms with E-state index in [-0.39, 0.29) is 0 Å². The van der Waals surface area contributed by atoms with Crippen molar-refractivity contribution in [3.8, 4) is 0 Å². The molecule has 0 unspecified atom stereocenters. The molecule has 17 heavy (non-hydrogen) atoms. The van der Waals surface area contributed by atoms with Gasteiger partial charge in [0.1, 0.15) is 0 Å². The molecule has 0 fully saturated rings. The van der Waals surface area contributed by atoms with Crippen LogP contribution in [0.3, 0.4) is 0 Å². The van der Waals surface area contributed by atoms with Gasteiger partial charge in [-0.25, -0.2) is 0 Å². The smallest absolute Gasteiger partial charge is 0.253 e. The van der Waals surface area contributed by atoms with E-state index in [1.807, 2.05) is 0 Å². The van der Waals surface area contributed by atoms with Crippen LogP contribution in [0, 0.1) is 6.92 Å². The lowest BCUT2D eigenvalue weighted by molar-refractivity contribution is 0.385. The normalized spacial score (nSPS) is 15.2. The van der Waals surface area contributed by atoms with E-state index < -0.39 is 0 Å². The van der Waals surface area contributed by atoms with Gasteiger partial charge in [-0.15, -0.1) is 0 Å². The summed E-state index contributed by atoms with van der Waals surface area (Å²) in [6, 6.07) is 0. The number of allylic oxidation sites excluding steroid dienone is 2. The van der Waals surface area contributed by atoms with Gasteiger partial charge in [-0.1, -0.05) is 16.4 Å². The quantitative estimate of drug-likeness (QED) is 0.804. The number of hydrogen-bond donors (Lipinski definition) is 0. The summed E-state index contributed by atoms with van der Waals surface area (Å²) in [5, 5.41) is 7.71. The first-order valence-electron chi connectivity index (χ1n) is 5.62. The highest BCUT2D eigenvalue weighted by Crippen LogP contribution is 2.26. The van der Waals surface area contributed by atoms with E-state index in [9.17, 15) is 0 Å². The summed E-state index contributed by atoms with van der Waals surface area (Å²) in [6.07, 6.45) is 5.86. The molecule has 88 valence electrons. The van der Waals surface area contributed by atoms with E-state index in [4.69, 9.17) is 9.05 Å². The topological polar surface area (TPSA) is 77.8 Å². The number of aryl methyl sites for hydroxylation is 1. The molecule has 2 aromatic rings. The molecule has 0 radical (unpaired) electrons. The predicted molar refractivity (Wildman–Crippen MR) is 58.0 cm³/mol. The first-order chi connectivity index (χ1) is 8.31. The lowest BCUT2D eigenvalue weighted by Crippen LogP contribution is -1.93. The SMILES string of the molecule is Cc1nc(Cc2noc(C3=CCCC3)n2)no1. The molecule has 0 saturated heterocycles. The van der Waals surface area contributed by atoms with Crippen LogP contribution in [0.15, 0.2) is 15.1 Å². The van der Waals surface area contributed by atoms with Crippen LogP contribution >= 0.6 is 0 Å². The average Bonchev–Trinajstić information content (AvgIpc) is 3.00. The summed E-state index contributed by atoms with van der Waals surface area (Å²) in [4.78, 5) is 8.43. The summed E-state index contributed by atoms with van der Waals surface area (Å²) in [6.45, 7) is 1.75. The monoisotopic (exact) mass is 232 g/mol. The number of nitrogens with zero attached hydrogens (tertiary/aromatic N) is 4. The van der Waals surface area contributed by atoms with Crippen LogP contribution in [0.25, 0.3) is 5.57 Å². The lowest BCUT2D eigenvalue weighted by atomic mass is 10.2. The van der Waals surface area contributed by atoms with Gasteiger partial charge in [-0.3, -0.25) is 0 Å². The van der Waals surface area contributed by atoms with Gasteiger partial charge in [0.05, 0.1) is 6.42 Å². The Morgan fingerprint density at radius 2 is 2.00 bits per heavy atom. The molecule has 0 N–H and O–H groups in total. The highest BCUT2D eigenvalue weighted by atomic mass is 16.5. The first-order valence-corrected chi connectivity index (χ1v) is 5.62. The molecule has 0 aromatic carbocycles. The van der Waals surface area contributed by atoms with Crippen molar-refractivity contribution in [3.63, 3.8) is 0 Å². The molecule has 0 atom stereocenters. The molecule has 6 nitrogen and oxygen atoms in total. The van der Waals surface area contributed by atoms with Crippen molar-refractivity contribution in [2.24, 2.45) is 0 Å². The van der Waals surface area contributed by atoms with Crippen molar-refractivity contribution in [1.82, 2.24) is 20.3 Å². The second kappa shape index (κ2) is 4.12. The van der Waals surface area contributed by atoms with Gasteiger partial charge in [0.25, 0.3) is 5.89 Å². The third-order valence-electron chi connectivity index (χ3n) is 2.67. The van der Waals surface area contributed by atoms with Gasteiger partial charge in [0.15, 0.2) is 11.6 Å². The fourth-order valence-electron chi connectivity index (χ4n) is 1.88.